The van der Waals surface area contributed by atoms with Gasteiger partial charge in [0.05, 0.1) is 18.4 Å². The maximum Gasteiger partial charge on any atom is 0.255 e. The predicted molar refractivity (Wildman–Crippen MR) is 110 cm³/mol. The van der Waals surface area contributed by atoms with Crippen molar-refractivity contribution in [1.82, 2.24) is 5.32 Å². The van der Waals surface area contributed by atoms with Crippen molar-refractivity contribution < 1.29 is 14.3 Å². The number of nitrogens with zero attached hydrogens (tertiary/aromatic N) is 1. The van der Waals surface area contributed by atoms with Gasteiger partial charge in [-0.05, 0) is 42.5 Å². The summed E-state index contributed by atoms with van der Waals surface area (Å²) in [5.41, 5.74) is 2.52. The second kappa shape index (κ2) is 9.20. The molecule has 0 aliphatic rings. The van der Waals surface area contributed by atoms with Gasteiger partial charge in [0.15, 0.2) is 0 Å². The van der Waals surface area contributed by atoms with Crippen LogP contribution in [-0.4, -0.2) is 18.9 Å². The van der Waals surface area contributed by atoms with Gasteiger partial charge in [0.1, 0.15) is 11.8 Å². The second-order valence-corrected chi connectivity index (χ2v) is 6.18. The van der Waals surface area contributed by atoms with Gasteiger partial charge in [0.25, 0.3) is 11.8 Å². The number of para-hydroxylation sites is 2. The first-order chi connectivity index (χ1) is 14.1. The molecule has 0 saturated heterocycles. The average Bonchev–Trinajstić information content (AvgIpc) is 2.78. The van der Waals surface area contributed by atoms with E-state index in [9.17, 15) is 9.59 Å². The van der Waals surface area contributed by atoms with Crippen LogP contribution in [0.4, 0.5) is 5.69 Å². The molecule has 3 aromatic carbocycles. The smallest absolute Gasteiger partial charge is 0.255 e. The monoisotopic (exact) mass is 385 g/mol. The molecule has 3 rings (SSSR count). The molecule has 0 heterocycles. The van der Waals surface area contributed by atoms with Gasteiger partial charge in [-0.25, -0.2) is 0 Å². The molecular formula is C23H19N3O3. The normalized spacial score (nSPS) is 9.93. The molecule has 0 aliphatic heterocycles. The van der Waals surface area contributed by atoms with Gasteiger partial charge in [0, 0.05) is 23.2 Å². The zero-order chi connectivity index (χ0) is 20.6. The SMILES string of the molecule is COc1ccccc1CNC(=O)c1ccc(C(=O)Nc2ccccc2C#N)cc1. The van der Waals surface area contributed by atoms with E-state index in [0.717, 1.165) is 5.56 Å². The zero-order valence-electron chi connectivity index (χ0n) is 15.8. The highest BCUT2D eigenvalue weighted by Crippen LogP contribution is 2.17. The minimum absolute atomic E-state index is 0.252. The Labute approximate surface area is 168 Å². The first kappa shape index (κ1) is 19.6. The van der Waals surface area contributed by atoms with Crippen molar-refractivity contribution in [2.45, 2.75) is 6.54 Å². The highest BCUT2D eigenvalue weighted by Gasteiger charge is 2.11. The van der Waals surface area contributed by atoms with Crippen molar-refractivity contribution in [2.75, 3.05) is 12.4 Å². The van der Waals surface area contributed by atoms with Gasteiger partial charge in [0.2, 0.25) is 0 Å². The number of ether oxygens (including phenoxy) is 1. The fraction of sp³-hybridized carbons (Fsp3) is 0.0870. The van der Waals surface area contributed by atoms with Crippen LogP contribution in [0.15, 0.2) is 72.8 Å². The number of rotatable bonds is 6. The Kier molecular flexibility index (Phi) is 6.23. The highest BCUT2D eigenvalue weighted by atomic mass is 16.5. The van der Waals surface area contributed by atoms with Crippen molar-refractivity contribution in [3.8, 4) is 11.8 Å². The van der Waals surface area contributed by atoms with E-state index >= 15 is 0 Å². The molecule has 6 nitrogen and oxygen atoms in total. The number of anilines is 1. The molecule has 0 fully saturated rings. The Balaban J connectivity index is 1.64. The number of nitriles is 1. The lowest BCUT2D eigenvalue weighted by molar-refractivity contribution is 0.0949. The summed E-state index contributed by atoms with van der Waals surface area (Å²) in [6.45, 7) is 0.329. The summed E-state index contributed by atoms with van der Waals surface area (Å²) in [6, 6.07) is 22.6. The molecule has 0 atom stereocenters. The van der Waals surface area contributed by atoms with Crippen LogP contribution in [0.3, 0.4) is 0 Å². The Morgan fingerprint density at radius 1 is 0.897 bits per heavy atom. The van der Waals surface area contributed by atoms with Crippen LogP contribution in [0.5, 0.6) is 5.75 Å². The van der Waals surface area contributed by atoms with Gasteiger partial charge in [-0.2, -0.15) is 5.26 Å². The molecule has 144 valence electrons. The lowest BCUT2D eigenvalue weighted by Crippen LogP contribution is -2.23. The third kappa shape index (κ3) is 4.79. The summed E-state index contributed by atoms with van der Waals surface area (Å²) in [4.78, 5) is 24.8. The minimum Gasteiger partial charge on any atom is -0.496 e. The number of nitrogens with one attached hydrogen (secondary N) is 2. The fourth-order valence-corrected chi connectivity index (χ4v) is 2.78. The van der Waals surface area contributed by atoms with Crippen LogP contribution in [0, 0.1) is 11.3 Å². The summed E-state index contributed by atoms with van der Waals surface area (Å²) in [5.74, 6) is 0.101. The highest BCUT2D eigenvalue weighted by molar-refractivity contribution is 6.05. The fourth-order valence-electron chi connectivity index (χ4n) is 2.78. The quantitative estimate of drug-likeness (QED) is 0.676. The number of methoxy groups -OCH3 is 1. The summed E-state index contributed by atoms with van der Waals surface area (Å²) >= 11 is 0. The van der Waals surface area contributed by atoms with E-state index in [1.54, 1.807) is 55.6 Å². The Morgan fingerprint density at radius 2 is 1.52 bits per heavy atom. The first-order valence-electron chi connectivity index (χ1n) is 8.93. The van der Waals surface area contributed by atoms with E-state index in [-0.39, 0.29) is 11.8 Å². The molecule has 2 N–H and O–H groups in total. The third-order valence-electron chi connectivity index (χ3n) is 4.34. The molecule has 0 radical (unpaired) electrons. The van der Waals surface area contributed by atoms with Gasteiger partial charge in [-0.15, -0.1) is 0 Å². The molecule has 3 aromatic rings. The maximum absolute atomic E-state index is 12.4. The molecule has 0 saturated carbocycles. The van der Waals surface area contributed by atoms with E-state index in [0.29, 0.717) is 34.7 Å². The number of carbonyl (C=O) groups is 2. The lowest BCUT2D eigenvalue weighted by atomic mass is 10.1. The standard InChI is InChI=1S/C23H19N3O3/c1-29-21-9-5-3-7-19(21)15-25-22(27)16-10-12-17(13-11-16)23(28)26-20-8-4-2-6-18(20)14-24/h2-13H,15H2,1H3,(H,25,27)(H,26,28). The summed E-state index contributed by atoms with van der Waals surface area (Å²) in [7, 11) is 1.58. The molecule has 6 heteroatoms. The average molecular weight is 385 g/mol. The molecule has 2 amide bonds. The van der Waals surface area contributed by atoms with E-state index in [4.69, 9.17) is 10.00 Å². The van der Waals surface area contributed by atoms with Crippen LogP contribution in [-0.2, 0) is 6.54 Å². The third-order valence-corrected chi connectivity index (χ3v) is 4.34. The summed E-state index contributed by atoms with van der Waals surface area (Å²) in [6.07, 6.45) is 0. The second-order valence-electron chi connectivity index (χ2n) is 6.18. The van der Waals surface area contributed by atoms with Crippen LogP contribution in [0.25, 0.3) is 0 Å². The molecule has 0 unspecified atom stereocenters. The van der Waals surface area contributed by atoms with Crippen molar-refractivity contribution in [2.24, 2.45) is 0 Å². The van der Waals surface area contributed by atoms with Crippen molar-refractivity contribution in [3.05, 3.63) is 95.1 Å². The van der Waals surface area contributed by atoms with Gasteiger partial charge in [-0.3, -0.25) is 9.59 Å². The maximum atomic E-state index is 12.4. The van der Waals surface area contributed by atoms with Gasteiger partial charge < -0.3 is 15.4 Å². The van der Waals surface area contributed by atoms with Gasteiger partial charge >= 0.3 is 0 Å². The molecule has 29 heavy (non-hydrogen) atoms. The largest absolute Gasteiger partial charge is 0.496 e. The summed E-state index contributed by atoms with van der Waals surface area (Å²) < 4.78 is 5.27. The van der Waals surface area contributed by atoms with Crippen molar-refractivity contribution >= 4 is 17.5 Å². The summed E-state index contributed by atoms with van der Waals surface area (Å²) in [5, 5.41) is 14.7. The number of carbonyl (C=O) groups excluding carboxylic acids is 2. The Hall–Kier alpha value is -4.11. The number of benzene rings is 3. The molecular weight excluding hydrogens is 366 g/mol. The Bertz CT molecular complexity index is 1070. The number of hydrogen-bond acceptors (Lipinski definition) is 4. The molecule has 0 spiro atoms. The minimum atomic E-state index is -0.353. The zero-order valence-corrected chi connectivity index (χ0v) is 15.8. The topological polar surface area (TPSA) is 91.2 Å². The van der Waals surface area contributed by atoms with E-state index in [1.165, 1.54) is 0 Å². The molecule has 0 aliphatic carbocycles. The van der Waals surface area contributed by atoms with E-state index in [2.05, 4.69) is 10.6 Å². The molecule has 0 bridgehead atoms. The van der Waals surface area contributed by atoms with Crippen molar-refractivity contribution in [3.63, 3.8) is 0 Å². The van der Waals surface area contributed by atoms with Crippen LogP contribution >= 0.6 is 0 Å². The first-order valence-corrected chi connectivity index (χ1v) is 8.93. The number of amides is 2. The van der Waals surface area contributed by atoms with E-state index in [1.807, 2.05) is 30.3 Å². The van der Waals surface area contributed by atoms with Crippen LogP contribution in [0.2, 0.25) is 0 Å². The Morgan fingerprint density at radius 3 is 2.21 bits per heavy atom. The predicted octanol–water partition coefficient (Wildman–Crippen LogP) is 3.75. The van der Waals surface area contributed by atoms with E-state index < -0.39 is 0 Å². The number of hydrogen-bond donors (Lipinski definition) is 2. The van der Waals surface area contributed by atoms with Gasteiger partial charge in [-0.1, -0.05) is 30.3 Å². The molecule has 0 aromatic heterocycles. The van der Waals surface area contributed by atoms with Crippen molar-refractivity contribution in [1.29, 1.82) is 5.26 Å². The van der Waals surface area contributed by atoms with Crippen LogP contribution in [0.1, 0.15) is 31.8 Å². The lowest BCUT2D eigenvalue weighted by Gasteiger charge is -2.10. The van der Waals surface area contributed by atoms with Crippen LogP contribution < -0.4 is 15.4 Å².